The number of primary amides is 1. The zero-order valence-electron chi connectivity index (χ0n) is 9.86. The van der Waals surface area contributed by atoms with E-state index >= 15 is 0 Å². The molecule has 0 aliphatic carbocycles. The van der Waals surface area contributed by atoms with Gasteiger partial charge >= 0.3 is 0 Å². The van der Waals surface area contributed by atoms with Crippen LogP contribution in [-0.2, 0) is 11.3 Å². The molecular weight excluding hydrogens is 220 g/mol. The van der Waals surface area contributed by atoms with Crippen molar-refractivity contribution in [1.82, 2.24) is 10.3 Å². The minimum absolute atomic E-state index is 0.250. The molecule has 2 amide bonds. The summed E-state index contributed by atoms with van der Waals surface area (Å²) in [7, 11) is 0. The Morgan fingerprint density at radius 3 is 2.65 bits per heavy atom. The highest BCUT2D eigenvalue weighted by atomic mass is 16.2. The fourth-order valence-electron chi connectivity index (χ4n) is 1.15. The van der Waals surface area contributed by atoms with E-state index in [4.69, 9.17) is 11.5 Å². The van der Waals surface area contributed by atoms with E-state index in [1.807, 2.05) is 0 Å². The van der Waals surface area contributed by atoms with Crippen LogP contribution in [0.25, 0.3) is 0 Å². The third kappa shape index (κ3) is 3.25. The van der Waals surface area contributed by atoms with Gasteiger partial charge in [-0.2, -0.15) is 0 Å². The lowest BCUT2D eigenvalue weighted by atomic mass is 10.0. The summed E-state index contributed by atoms with van der Waals surface area (Å²) in [4.78, 5) is 26.9. The van der Waals surface area contributed by atoms with Crippen molar-refractivity contribution in [3.8, 4) is 0 Å². The van der Waals surface area contributed by atoms with Crippen molar-refractivity contribution >= 4 is 11.8 Å². The van der Waals surface area contributed by atoms with Gasteiger partial charge in [-0.15, -0.1) is 0 Å². The Balaban J connectivity index is 2.86. The number of carbonyl (C=O) groups excluding carboxylic acids is 2. The summed E-state index contributed by atoms with van der Waals surface area (Å²) in [5.41, 5.74) is 10.5. The Kier molecular flexibility index (Phi) is 3.80. The normalized spacial score (nSPS) is 11.0. The Hall–Kier alpha value is -1.95. The van der Waals surface area contributed by atoms with Gasteiger partial charge in [-0.05, 0) is 26.0 Å². The molecule has 0 bridgehead atoms. The number of nitrogens with one attached hydrogen (secondary N) is 1. The van der Waals surface area contributed by atoms with Crippen LogP contribution in [-0.4, -0.2) is 22.3 Å². The number of pyridine rings is 1. The van der Waals surface area contributed by atoms with E-state index in [0.717, 1.165) is 0 Å². The van der Waals surface area contributed by atoms with E-state index in [1.54, 1.807) is 12.1 Å². The molecule has 17 heavy (non-hydrogen) atoms. The molecule has 5 N–H and O–H groups in total. The number of rotatable bonds is 4. The fraction of sp³-hybridized carbons (Fsp3) is 0.364. The summed E-state index contributed by atoms with van der Waals surface area (Å²) in [6.07, 6.45) is 1.49. The van der Waals surface area contributed by atoms with Crippen molar-refractivity contribution in [3.05, 3.63) is 29.6 Å². The first kappa shape index (κ1) is 13.1. The highest BCUT2D eigenvalue weighted by molar-refractivity contribution is 5.98. The predicted molar refractivity (Wildman–Crippen MR) is 62.9 cm³/mol. The van der Waals surface area contributed by atoms with E-state index in [1.165, 1.54) is 20.0 Å². The average Bonchev–Trinajstić information content (AvgIpc) is 2.28. The van der Waals surface area contributed by atoms with Crippen LogP contribution in [0.1, 0.15) is 29.9 Å². The van der Waals surface area contributed by atoms with Gasteiger partial charge in [0, 0.05) is 18.3 Å². The summed E-state index contributed by atoms with van der Waals surface area (Å²) in [6, 6.07) is 3.12. The van der Waals surface area contributed by atoms with E-state index in [0.29, 0.717) is 11.3 Å². The summed E-state index contributed by atoms with van der Waals surface area (Å²) in [5, 5.41) is 2.54. The van der Waals surface area contributed by atoms with Gasteiger partial charge in [0.15, 0.2) is 0 Å². The number of carbonyl (C=O) groups is 2. The predicted octanol–water partition coefficient (Wildman–Crippen LogP) is -0.466. The summed E-state index contributed by atoms with van der Waals surface area (Å²) in [6.45, 7) is 3.33. The second kappa shape index (κ2) is 4.92. The first-order valence-corrected chi connectivity index (χ1v) is 5.14. The van der Waals surface area contributed by atoms with Gasteiger partial charge in [-0.1, -0.05) is 0 Å². The largest absolute Gasteiger partial charge is 0.368 e. The number of amides is 2. The number of hydrogen-bond donors (Lipinski definition) is 3. The first-order chi connectivity index (χ1) is 7.86. The molecule has 1 aromatic rings. The van der Waals surface area contributed by atoms with Gasteiger partial charge < -0.3 is 16.8 Å². The number of nitrogens with two attached hydrogens (primary N) is 2. The van der Waals surface area contributed by atoms with Crippen molar-refractivity contribution in [2.24, 2.45) is 11.5 Å². The quantitative estimate of drug-likeness (QED) is 0.656. The van der Waals surface area contributed by atoms with Gasteiger partial charge in [0.1, 0.15) is 5.54 Å². The standard InChI is InChI=1S/C11H16N4O2/c1-11(2,10(13)17)15-9(16)7-3-4-14-8(5-7)6-12/h3-5H,6,12H2,1-2H3,(H2,13,17)(H,15,16). The third-order valence-electron chi connectivity index (χ3n) is 2.33. The Morgan fingerprint density at radius 2 is 2.12 bits per heavy atom. The molecule has 92 valence electrons. The number of hydrogen-bond acceptors (Lipinski definition) is 4. The van der Waals surface area contributed by atoms with Crippen molar-refractivity contribution in [2.45, 2.75) is 25.9 Å². The second-order valence-electron chi connectivity index (χ2n) is 4.18. The van der Waals surface area contributed by atoms with E-state index < -0.39 is 11.4 Å². The fourth-order valence-corrected chi connectivity index (χ4v) is 1.15. The minimum Gasteiger partial charge on any atom is -0.368 e. The Bertz CT molecular complexity index is 443. The molecule has 0 saturated carbocycles. The first-order valence-electron chi connectivity index (χ1n) is 5.14. The molecule has 0 spiro atoms. The molecule has 0 atom stereocenters. The number of nitrogens with zero attached hydrogens (tertiary/aromatic N) is 1. The molecule has 0 aliphatic rings. The molecule has 1 aromatic heterocycles. The molecule has 1 heterocycles. The summed E-state index contributed by atoms with van der Waals surface area (Å²) in [5.74, 6) is -0.982. The zero-order valence-corrected chi connectivity index (χ0v) is 9.86. The highest BCUT2D eigenvalue weighted by Crippen LogP contribution is 2.06. The van der Waals surface area contributed by atoms with E-state index in [9.17, 15) is 9.59 Å². The maximum absolute atomic E-state index is 11.8. The molecule has 0 radical (unpaired) electrons. The zero-order chi connectivity index (χ0) is 13.1. The van der Waals surface area contributed by atoms with Crippen LogP contribution in [0.4, 0.5) is 0 Å². The van der Waals surface area contributed by atoms with Crippen molar-refractivity contribution < 1.29 is 9.59 Å². The highest BCUT2D eigenvalue weighted by Gasteiger charge is 2.27. The lowest BCUT2D eigenvalue weighted by Crippen LogP contribution is -2.53. The number of aromatic nitrogens is 1. The smallest absolute Gasteiger partial charge is 0.252 e. The van der Waals surface area contributed by atoms with Crippen molar-refractivity contribution in [2.75, 3.05) is 0 Å². The second-order valence-corrected chi connectivity index (χ2v) is 4.18. The van der Waals surface area contributed by atoms with Crippen LogP contribution >= 0.6 is 0 Å². The minimum atomic E-state index is -1.09. The maximum atomic E-state index is 11.8. The molecule has 0 unspecified atom stereocenters. The maximum Gasteiger partial charge on any atom is 0.252 e. The summed E-state index contributed by atoms with van der Waals surface area (Å²) < 4.78 is 0. The van der Waals surface area contributed by atoms with Crippen LogP contribution in [0, 0.1) is 0 Å². The van der Waals surface area contributed by atoms with Gasteiger partial charge in [-0.3, -0.25) is 14.6 Å². The SMILES string of the molecule is CC(C)(NC(=O)c1ccnc(CN)c1)C(N)=O. The molecule has 6 heteroatoms. The van der Waals surface area contributed by atoms with Crippen LogP contribution in [0.15, 0.2) is 18.3 Å². The molecule has 0 fully saturated rings. The van der Waals surface area contributed by atoms with Gasteiger partial charge in [0.05, 0.1) is 5.69 Å². The molecule has 1 rings (SSSR count). The van der Waals surface area contributed by atoms with Crippen molar-refractivity contribution in [3.63, 3.8) is 0 Å². The monoisotopic (exact) mass is 236 g/mol. The molecule has 0 aliphatic heterocycles. The molecule has 0 aromatic carbocycles. The van der Waals surface area contributed by atoms with Gasteiger partial charge in [0.2, 0.25) is 5.91 Å². The third-order valence-corrected chi connectivity index (χ3v) is 2.33. The van der Waals surface area contributed by atoms with E-state index in [2.05, 4.69) is 10.3 Å². The van der Waals surface area contributed by atoms with Crippen molar-refractivity contribution in [1.29, 1.82) is 0 Å². The Labute approximate surface area is 99.4 Å². The lowest BCUT2D eigenvalue weighted by molar-refractivity contribution is -0.122. The van der Waals surface area contributed by atoms with Gasteiger partial charge in [-0.25, -0.2) is 0 Å². The Morgan fingerprint density at radius 1 is 1.47 bits per heavy atom. The lowest BCUT2D eigenvalue weighted by Gasteiger charge is -2.22. The van der Waals surface area contributed by atoms with Crippen LogP contribution in [0.5, 0.6) is 0 Å². The summed E-state index contributed by atoms with van der Waals surface area (Å²) >= 11 is 0. The molecule has 0 saturated heterocycles. The topological polar surface area (TPSA) is 111 Å². The van der Waals surface area contributed by atoms with Gasteiger partial charge in [0.25, 0.3) is 5.91 Å². The van der Waals surface area contributed by atoms with Crippen LogP contribution < -0.4 is 16.8 Å². The van der Waals surface area contributed by atoms with Crippen LogP contribution in [0.3, 0.4) is 0 Å². The molecular formula is C11H16N4O2. The average molecular weight is 236 g/mol. The molecule has 6 nitrogen and oxygen atoms in total. The van der Waals surface area contributed by atoms with E-state index in [-0.39, 0.29) is 12.5 Å². The van der Waals surface area contributed by atoms with Crippen LogP contribution in [0.2, 0.25) is 0 Å².